The van der Waals surface area contributed by atoms with Gasteiger partial charge in [0.15, 0.2) is 0 Å². The first-order valence-corrected chi connectivity index (χ1v) is 5.23. The van der Waals surface area contributed by atoms with Crippen molar-refractivity contribution in [1.29, 1.82) is 0 Å². The zero-order chi connectivity index (χ0) is 13.3. The molecule has 0 radical (unpaired) electrons. The fourth-order valence-electron chi connectivity index (χ4n) is 1.79. The summed E-state index contributed by atoms with van der Waals surface area (Å²) in [5.41, 5.74) is -0.527. The minimum Gasteiger partial charge on any atom is -0.477 e. The molecule has 0 amide bonds. The van der Waals surface area contributed by atoms with E-state index < -0.39 is 22.9 Å². The number of pyridine rings is 1. The number of halogens is 1. The maximum absolute atomic E-state index is 13.7. The van der Waals surface area contributed by atoms with E-state index in [0.717, 1.165) is 0 Å². The number of aromatic carboxylic acids is 1. The molecule has 5 heteroatoms. The van der Waals surface area contributed by atoms with Crippen molar-refractivity contribution in [3.8, 4) is 11.1 Å². The van der Waals surface area contributed by atoms with Gasteiger partial charge in [-0.05, 0) is 19.1 Å². The Morgan fingerprint density at radius 2 is 1.94 bits per heavy atom. The van der Waals surface area contributed by atoms with E-state index >= 15 is 0 Å². The van der Waals surface area contributed by atoms with E-state index in [4.69, 9.17) is 5.11 Å². The van der Waals surface area contributed by atoms with Crippen LogP contribution >= 0.6 is 0 Å². The minimum atomic E-state index is -1.38. The van der Waals surface area contributed by atoms with Gasteiger partial charge >= 0.3 is 5.97 Å². The second-order valence-corrected chi connectivity index (χ2v) is 3.86. The van der Waals surface area contributed by atoms with Crippen LogP contribution in [0.15, 0.2) is 35.1 Å². The van der Waals surface area contributed by atoms with Gasteiger partial charge in [0.25, 0.3) is 5.56 Å². The summed E-state index contributed by atoms with van der Waals surface area (Å²) in [6.45, 7) is 1.61. The molecule has 0 aliphatic heterocycles. The van der Waals surface area contributed by atoms with Crippen LogP contribution in [0.4, 0.5) is 4.39 Å². The highest BCUT2D eigenvalue weighted by atomic mass is 19.1. The molecule has 92 valence electrons. The Morgan fingerprint density at radius 1 is 1.28 bits per heavy atom. The van der Waals surface area contributed by atoms with Crippen LogP contribution in [0, 0.1) is 12.7 Å². The number of H-pyrrole nitrogens is 1. The van der Waals surface area contributed by atoms with E-state index in [9.17, 15) is 14.0 Å². The number of carboxylic acid groups (broad SMARTS) is 1. The van der Waals surface area contributed by atoms with E-state index in [2.05, 4.69) is 4.98 Å². The van der Waals surface area contributed by atoms with Crippen LogP contribution in [0.2, 0.25) is 0 Å². The van der Waals surface area contributed by atoms with Crippen LogP contribution in [-0.2, 0) is 0 Å². The molecule has 4 nitrogen and oxygen atoms in total. The summed E-state index contributed by atoms with van der Waals surface area (Å²) in [5, 5.41) is 9.05. The summed E-state index contributed by atoms with van der Waals surface area (Å²) < 4.78 is 13.7. The Kier molecular flexibility index (Phi) is 2.97. The lowest BCUT2D eigenvalue weighted by Gasteiger charge is -2.07. The SMILES string of the molecule is Cc1cc(-c2ccccc2F)c(C(=O)O)c(=O)[nH]1. The van der Waals surface area contributed by atoms with Crippen molar-refractivity contribution in [3.63, 3.8) is 0 Å². The molecule has 1 aromatic heterocycles. The number of aryl methyl sites for hydroxylation is 1. The van der Waals surface area contributed by atoms with Crippen molar-refractivity contribution < 1.29 is 14.3 Å². The largest absolute Gasteiger partial charge is 0.477 e. The topological polar surface area (TPSA) is 70.2 Å². The fraction of sp³-hybridized carbons (Fsp3) is 0.0769. The monoisotopic (exact) mass is 247 g/mol. The summed E-state index contributed by atoms with van der Waals surface area (Å²) in [4.78, 5) is 25.1. The molecule has 2 rings (SSSR count). The molecule has 0 saturated carbocycles. The summed E-state index contributed by atoms with van der Waals surface area (Å²) in [7, 11) is 0. The molecule has 0 atom stereocenters. The Labute approximate surface area is 102 Å². The highest BCUT2D eigenvalue weighted by Crippen LogP contribution is 2.24. The van der Waals surface area contributed by atoms with Gasteiger partial charge in [0.2, 0.25) is 0 Å². The number of carboxylic acids is 1. The lowest BCUT2D eigenvalue weighted by Crippen LogP contribution is -2.20. The van der Waals surface area contributed by atoms with E-state index in [1.54, 1.807) is 13.0 Å². The van der Waals surface area contributed by atoms with Crippen LogP contribution in [0.5, 0.6) is 0 Å². The first-order chi connectivity index (χ1) is 8.50. The molecule has 0 unspecified atom stereocenters. The molecule has 0 spiro atoms. The van der Waals surface area contributed by atoms with Gasteiger partial charge in [0.1, 0.15) is 11.4 Å². The predicted molar refractivity (Wildman–Crippen MR) is 64.2 cm³/mol. The van der Waals surface area contributed by atoms with Crippen molar-refractivity contribution in [1.82, 2.24) is 4.98 Å². The van der Waals surface area contributed by atoms with E-state index in [-0.39, 0.29) is 11.1 Å². The lowest BCUT2D eigenvalue weighted by atomic mass is 10.00. The number of aromatic amines is 1. The highest BCUT2D eigenvalue weighted by molar-refractivity contribution is 5.95. The smallest absolute Gasteiger partial charge is 0.341 e. The Balaban J connectivity index is 2.83. The van der Waals surface area contributed by atoms with Crippen LogP contribution < -0.4 is 5.56 Å². The number of hydrogen-bond donors (Lipinski definition) is 2. The normalized spacial score (nSPS) is 10.3. The molecule has 0 bridgehead atoms. The number of aromatic nitrogens is 1. The third kappa shape index (κ3) is 2.02. The van der Waals surface area contributed by atoms with Crippen molar-refractivity contribution in [2.45, 2.75) is 6.92 Å². The van der Waals surface area contributed by atoms with Crippen LogP contribution in [0.25, 0.3) is 11.1 Å². The van der Waals surface area contributed by atoms with Crippen molar-refractivity contribution >= 4 is 5.97 Å². The molecule has 2 N–H and O–H groups in total. The molecule has 1 heterocycles. The summed E-state index contributed by atoms with van der Waals surface area (Å²) in [6.07, 6.45) is 0. The second kappa shape index (κ2) is 4.44. The van der Waals surface area contributed by atoms with E-state index in [0.29, 0.717) is 5.69 Å². The quantitative estimate of drug-likeness (QED) is 0.854. The Hall–Kier alpha value is -2.43. The minimum absolute atomic E-state index is 0.0850. The lowest BCUT2D eigenvalue weighted by molar-refractivity contribution is 0.0696. The number of hydrogen-bond acceptors (Lipinski definition) is 2. The van der Waals surface area contributed by atoms with Gasteiger partial charge in [0, 0.05) is 16.8 Å². The molecule has 0 aliphatic rings. The van der Waals surface area contributed by atoms with Gasteiger partial charge in [-0.25, -0.2) is 9.18 Å². The molecular formula is C13H10FNO3. The van der Waals surface area contributed by atoms with Gasteiger partial charge in [-0.15, -0.1) is 0 Å². The van der Waals surface area contributed by atoms with Crippen LogP contribution in [0.1, 0.15) is 16.1 Å². The van der Waals surface area contributed by atoms with Gasteiger partial charge in [0.05, 0.1) is 0 Å². The maximum atomic E-state index is 13.7. The first-order valence-electron chi connectivity index (χ1n) is 5.23. The predicted octanol–water partition coefficient (Wildman–Crippen LogP) is 2.19. The third-order valence-corrected chi connectivity index (χ3v) is 2.55. The molecular weight excluding hydrogens is 237 g/mol. The highest BCUT2D eigenvalue weighted by Gasteiger charge is 2.18. The van der Waals surface area contributed by atoms with Gasteiger partial charge in [-0.1, -0.05) is 18.2 Å². The van der Waals surface area contributed by atoms with Gasteiger partial charge < -0.3 is 10.1 Å². The van der Waals surface area contributed by atoms with Crippen molar-refractivity contribution in [2.75, 3.05) is 0 Å². The van der Waals surface area contributed by atoms with E-state index in [1.165, 1.54) is 24.3 Å². The average Bonchev–Trinajstić information content (AvgIpc) is 2.27. The molecule has 0 saturated heterocycles. The Morgan fingerprint density at radius 3 is 2.56 bits per heavy atom. The molecule has 18 heavy (non-hydrogen) atoms. The van der Waals surface area contributed by atoms with E-state index in [1.807, 2.05) is 0 Å². The zero-order valence-corrected chi connectivity index (χ0v) is 9.53. The summed E-state index contributed by atoms with van der Waals surface area (Å²) >= 11 is 0. The van der Waals surface area contributed by atoms with Crippen LogP contribution in [-0.4, -0.2) is 16.1 Å². The summed E-state index contributed by atoms with van der Waals surface area (Å²) in [6, 6.07) is 7.19. The fourth-order valence-corrected chi connectivity index (χ4v) is 1.79. The summed E-state index contributed by atoms with van der Waals surface area (Å²) in [5.74, 6) is -1.94. The number of benzene rings is 1. The van der Waals surface area contributed by atoms with Crippen LogP contribution in [0.3, 0.4) is 0 Å². The molecule has 2 aromatic rings. The third-order valence-electron chi connectivity index (χ3n) is 2.55. The first kappa shape index (κ1) is 12.0. The van der Waals surface area contributed by atoms with Gasteiger partial charge in [-0.2, -0.15) is 0 Å². The number of nitrogens with one attached hydrogen (secondary N) is 1. The molecule has 0 fully saturated rings. The van der Waals surface area contributed by atoms with Crippen molar-refractivity contribution in [2.24, 2.45) is 0 Å². The van der Waals surface area contributed by atoms with Gasteiger partial charge in [-0.3, -0.25) is 4.79 Å². The zero-order valence-electron chi connectivity index (χ0n) is 9.53. The van der Waals surface area contributed by atoms with Crippen molar-refractivity contribution in [3.05, 3.63) is 57.8 Å². The maximum Gasteiger partial charge on any atom is 0.341 e. The average molecular weight is 247 g/mol. The number of carbonyl (C=O) groups is 1. The standard InChI is InChI=1S/C13H10FNO3/c1-7-6-9(8-4-2-3-5-10(8)14)11(13(17)18)12(16)15-7/h2-6H,1H3,(H,15,16)(H,17,18). The second-order valence-electron chi connectivity index (χ2n) is 3.86. The number of rotatable bonds is 2. The molecule has 0 aliphatic carbocycles. The Bertz CT molecular complexity index is 676. The molecule has 1 aromatic carbocycles.